The molecular weight excluding hydrogens is 297 g/mol. The van der Waals surface area contributed by atoms with Gasteiger partial charge in [0.15, 0.2) is 5.58 Å². The average Bonchev–Trinajstić information content (AvgIpc) is 2.63. The second kappa shape index (κ2) is 5.49. The maximum absolute atomic E-state index is 5.37. The lowest BCUT2D eigenvalue weighted by molar-refractivity contribution is 0.490. The lowest BCUT2D eigenvalue weighted by atomic mass is 10.3. The summed E-state index contributed by atoms with van der Waals surface area (Å²) in [6.45, 7) is 0. The third-order valence-electron chi connectivity index (χ3n) is 1.45. The number of oxazole rings is 1. The van der Waals surface area contributed by atoms with Gasteiger partial charge in [0, 0.05) is 0 Å². The Morgan fingerprint density at radius 2 is 2.00 bits per heavy atom. The lowest BCUT2D eigenvalue weighted by Gasteiger charge is -1.80. The topological polar surface area (TPSA) is 26.0 Å². The second-order valence-corrected chi connectivity index (χ2v) is 2.91. The number of nitrogens with zero attached hydrogens (tertiary/aromatic N) is 1. The predicted octanol–water partition coefficient (Wildman–Crippen LogP) is 3.60. The molecule has 4 heteroatoms. The van der Waals surface area contributed by atoms with Crippen molar-refractivity contribution in [3.05, 3.63) is 24.3 Å². The Balaban J connectivity index is 0.000000396. The van der Waals surface area contributed by atoms with Crippen LogP contribution in [0.15, 0.2) is 33.9 Å². The minimum atomic E-state index is 0.728. The van der Waals surface area contributed by atoms with Crippen LogP contribution in [0.25, 0.3) is 11.1 Å². The molecule has 0 amide bonds. The highest BCUT2D eigenvalue weighted by molar-refractivity contribution is 14.1. The second-order valence-electron chi connectivity index (χ2n) is 2.15. The molecular formula is C9H10INOS. The number of benzene rings is 1. The maximum Gasteiger partial charge on any atom is 0.256 e. The summed E-state index contributed by atoms with van der Waals surface area (Å²) in [6.07, 6.45) is 1.95. The Kier molecular flexibility index (Phi) is 4.58. The van der Waals surface area contributed by atoms with Crippen molar-refractivity contribution in [3.63, 3.8) is 0 Å². The molecule has 0 radical (unpaired) electrons. The quantitative estimate of drug-likeness (QED) is 0.457. The Hall–Kier alpha value is -0.230. The number of hydrogen-bond acceptors (Lipinski definition) is 3. The Labute approximate surface area is 95.2 Å². The first-order valence-corrected chi connectivity index (χ1v) is 7.06. The molecule has 0 aliphatic carbocycles. The summed E-state index contributed by atoms with van der Waals surface area (Å²) in [6, 6.07) is 7.76. The van der Waals surface area contributed by atoms with E-state index in [4.69, 9.17) is 4.42 Å². The molecule has 0 bridgehead atoms. The highest BCUT2D eigenvalue weighted by Crippen LogP contribution is 2.20. The van der Waals surface area contributed by atoms with Crippen LogP contribution in [0.2, 0.25) is 0 Å². The molecule has 70 valence electrons. The first-order chi connectivity index (χ1) is 6.40. The van der Waals surface area contributed by atoms with Crippen LogP contribution in [0.4, 0.5) is 0 Å². The van der Waals surface area contributed by atoms with Crippen molar-refractivity contribution < 1.29 is 4.42 Å². The van der Waals surface area contributed by atoms with Crippen LogP contribution in [-0.2, 0) is 0 Å². The summed E-state index contributed by atoms with van der Waals surface area (Å²) in [4.78, 5) is 6.20. The number of rotatable bonds is 1. The van der Waals surface area contributed by atoms with E-state index in [0.29, 0.717) is 0 Å². The molecule has 1 heterocycles. The fourth-order valence-corrected chi connectivity index (χ4v) is 1.30. The number of aromatic nitrogens is 1. The molecule has 0 saturated carbocycles. The van der Waals surface area contributed by atoms with Gasteiger partial charge in [0.05, 0.1) is 0 Å². The van der Waals surface area contributed by atoms with Gasteiger partial charge in [-0.2, -0.15) is 0 Å². The van der Waals surface area contributed by atoms with E-state index in [1.54, 1.807) is 0 Å². The Bertz CT molecular complexity index is 341. The van der Waals surface area contributed by atoms with Gasteiger partial charge in [-0.15, -0.1) is 0 Å². The molecule has 13 heavy (non-hydrogen) atoms. The lowest BCUT2D eigenvalue weighted by Crippen LogP contribution is -1.65. The van der Waals surface area contributed by atoms with Crippen LogP contribution in [0.5, 0.6) is 0 Å². The summed E-state index contributed by atoms with van der Waals surface area (Å²) in [5.41, 5.74) is 1.79. The zero-order valence-electron chi connectivity index (χ0n) is 7.45. The SMILES string of the molecule is CI.CSc1nc2ccccc2o1. The van der Waals surface area contributed by atoms with Crippen LogP contribution < -0.4 is 0 Å². The molecule has 0 aliphatic heterocycles. The van der Waals surface area contributed by atoms with Gasteiger partial charge >= 0.3 is 0 Å². The number of thioether (sulfide) groups is 1. The third kappa shape index (κ3) is 2.60. The molecule has 0 saturated heterocycles. The summed E-state index contributed by atoms with van der Waals surface area (Å²) in [7, 11) is 0. The molecule has 0 fully saturated rings. The molecule has 0 atom stereocenters. The van der Waals surface area contributed by atoms with Gasteiger partial charge in [-0.05, 0) is 23.3 Å². The van der Waals surface area contributed by atoms with Crippen molar-refractivity contribution in [1.82, 2.24) is 4.98 Å². The van der Waals surface area contributed by atoms with Crippen LogP contribution in [-0.4, -0.2) is 16.2 Å². The van der Waals surface area contributed by atoms with Gasteiger partial charge in [0.2, 0.25) is 0 Å². The van der Waals surface area contributed by atoms with Gasteiger partial charge in [-0.1, -0.05) is 46.5 Å². The van der Waals surface area contributed by atoms with E-state index >= 15 is 0 Å². The highest BCUT2D eigenvalue weighted by Gasteiger charge is 2.01. The molecule has 2 rings (SSSR count). The van der Waals surface area contributed by atoms with E-state index in [0.717, 1.165) is 16.3 Å². The van der Waals surface area contributed by atoms with Gasteiger partial charge in [-0.3, -0.25) is 0 Å². The van der Waals surface area contributed by atoms with Crippen LogP contribution in [0.3, 0.4) is 0 Å². The van der Waals surface area contributed by atoms with Gasteiger partial charge in [0.1, 0.15) is 5.52 Å². The van der Waals surface area contributed by atoms with Gasteiger partial charge in [-0.25, -0.2) is 4.98 Å². The average molecular weight is 307 g/mol. The van der Waals surface area contributed by atoms with E-state index in [9.17, 15) is 0 Å². The molecule has 1 aromatic carbocycles. The number of para-hydroxylation sites is 2. The van der Waals surface area contributed by atoms with E-state index in [1.807, 2.05) is 35.5 Å². The maximum atomic E-state index is 5.37. The van der Waals surface area contributed by atoms with Crippen molar-refractivity contribution in [2.75, 3.05) is 11.2 Å². The molecule has 0 unspecified atom stereocenters. The highest BCUT2D eigenvalue weighted by atomic mass is 127. The summed E-state index contributed by atoms with van der Waals surface area (Å²) in [5, 5.41) is 0.728. The Morgan fingerprint density at radius 3 is 2.62 bits per heavy atom. The fraction of sp³-hybridized carbons (Fsp3) is 0.222. The summed E-state index contributed by atoms with van der Waals surface area (Å²) >= 11 is 3.67. The van der Waals surface area contributed by atoms with Crippen LogP contribution >= 0.6 is 34.4 Å². The van der Waals surface area contributed by atoms with Crippen molar-refractivity contribution in [3.8, 4) is 0 Å². The number of alkyl halides is 1. The van der Waals surface area contributed by atoms with Crippen molar-refractivity contribution in [2.45, 2.75) is 5.22 Å². The minimum absolute atomic E-state index is 0.728. The van der Waals surface area contributed by atoms with Crippen LogP contribution in [0, 0.1) is 0 Å². The molecule has 2 aromatic rings. The smallest absolute Gasteiger partial charge is 0.256 e. The van der Waals surface area contributed by atoms with E-state index in [-0.39, 0.29) is 0 Å². The van der Waals surface area contributed by atoms with Crippen molar-refractivity contribution >= 4 is 45.5 Å². The molecule has 2 nitrogen and oxygen atoms in total. The zero-order chi connectivity index (χ0) is 9.68. The van der Waals surface area contributed by atoms with E-state index < -0.39 is 0 Å². The zero-order valence-corrected chi connectivity index (χ0v) is 10.4. The normalized spacial score (nSPS) is 9.46. The molecule has 0 spiro atoms. The first-order valence-electron chi connectivity index (χ1n) is 3.67. The number of fused-ring (bicyclic) bond motifs is 1. The molecule has 1 aromatic heterocycles. The largest absolute Gasteiger partial charge is 0.431 e. The fourth-order valence-electron chi connectivity index (χ4n) is 0.938. The first kappa shape index (κ1) is 10.8. The van der Waals surface area contributed by atoms with Crippen molar-refractivity contribution in [2.24, 2.45) is 0 Å². The van der Waals surface area contributed by atoms with Gasteiger partial charge in [0.25, 0.3) is 5.22 Å². The van der Waals surface area contributed by atoms with Crippen LogP contribution in [0.1, 0.15) is 0 Å². The van der Waals surface area contributed by atoms with E-state index in [1.165, 1.54) is 11.8 Å². The summed E-state index contributed by atoms with van der Waals surface area (Å²) in [5.74, 6) is 0. The summed E-state index contributed by atoms with van der Waals surface area (Å²) < 4.78 is 5.37. The van der Waals surface area contributed by atoms with E-state index in [2.05, 4.69) is 27.6 Å². The molecule has 0 N–H and O–H groups in total. The molecule has 0 aliphatic rings. The monoisotopic (exact) mass is 307 g/mol. The van der Waals surface area contributed by atoms with Gasteiger partial charge < -0.3 is 4.42 Å². The number of halogens is 1. The standard InChI is InChI=1S/C8H7NOS.CH3I/c1-11-8-9-6-4-2-3-5-7(6)10-8;1-2/h2-5H,1H3;1H3. The Morgan fingerprint density at radius 1 is 1.31 bits per heavy atom. The predicted molar refractivity (Wildman–Crippen MR) is 65.7 cm³/mol. The number of hydrogen-bond donors (Lipinski definition) is 0. The van der Waals surface area contributed by atoms with Crippen molar-refractivity contribution in [1.29, 1.82) is 0 Å². The minimum Gasteiger partial charge on any atom is -0.431 e. The third-order valence-corrected chi connectivity index (χ3v) is 1.97.